The normalized spacial score (nSPS) is 17.3. The van der Waals surface area contributed by atoms with E-state index in [-0.39, 0.29) is 11.9 Å². The fraction of sp³-hybridized carbons (Fsp3) is 0.688. The molecule has 126 valence electrons. The lowest BCUT2D eigenvalue weighted by atomic mass is 10.0. The molecule has 0 saturated carbocycles. The Kier molecular flexibility index (Phi) is 4.54. The van der Waals surface area contributed by atoms with Crippen LogP contribution >= 0.6 is 0 Å². The van der Waals surface area contributed by atoms with E-state index in [2.05, 4.69) is 10.4 Å². The number of likely N-dealkylation sites (tertiary alicyclic amines) is 1. The topological polar surface area (TPSA) is 70.5 Å². The fourth-order valence-electron chi connectivity index (χ4n) is 3.35. The Morgan fingerprint density at radius 3 is 2.61 bits per heavy atom. The van der Waals surface area contributed by atoms with E-state index in [9.17, 15) is 9.59 Å². The van der Waals surface area contributed by atoms with Crippen LogP contribution in [0.15, 0.2) is 0 Å². The highest BCUT2D eigenvalue weighted by Gasteiger charge is 2.31. The Morgan fingerprint density at radius 1 is 1.17 bits per heavy atom. The van der Waals surface area contributed by atoms with Crippen molar-refractivity contribution in [2.45, 2.75) is 39.2 Å². The number of carbonyl (C=O) groups is 2. The highest BCUT2D eigenvalue weighted by Crippen LogP contribution is 2.24. The summed E-state index contributed by atoms with van der Waals surface area (Å²) in [5.41, 5.74) is 2.52. The fourth-order valence-corrected chi connectivity index (χ4v) is 3.35. The molecule has 3 rings (SSSR count). The maximum atomic E-state index is 12.7. The minimum Gasteiger partial charge on any atom is -0.338 e. The van der Waals surface area contributed by atoms with Gasteiger partial charge in [-0.3, -0.25) is 9.48 Å². The van der Waals surface area contributed by atoms with Gasteiger partial charge in [0, 0.05) is 50.9 Å². The highest BCUT2D eigenvalue weighted by molar-refractivity contribution is 5.94. The van der Waals surface area contributed by atoms with Crippen molar-refractivity contribution in [1.82, 2.24) is 24.9 Å². The molecule has 1 N–H and O–H groups in total. The molecule has 3 heterocycles. The monoisotopic (exact) mass is 319 g/mol. The molecule has 0 aliphatic carbocycles. The zero-order chi connectivity index (χ0) is 16.4. The van der Waals surface area contributed by atoms with E-state index >= 15 is 0 Å². The molecule has 2 aliphatic heterocycles. The Balaban J connectivity index is 1.80. The van der Waals surface area contributed by atoms with Crippen molar-refractivity contribution in [3.63, 3.8) is 0 Å². The van der Waals surface area contributed by atoms with Gasteiger partial charge in [-0.25, -0.2) is 4.79 Å². The average Bonchev–Trinajstić information content (AvgIpc) is 3.20. The van der Waals surface area contributed by atoms with Crippen LogP contribution in [0, 0.1) is 0 Å². The number of aryl methyl sites for hydroxylation is 1. The minimum absolute atomic E-state index is 0.00941. The van der Waals surface area contributed by atoms with Gasteiger partial charge in [0.1, 0.15) is 0 Å². The van der Waals surface area contributed by atoms with E-state index in [0.29, 0.717) is 25.3 Å². The molecule has 7 nitrogen and oxygen atoms in total. The Hall–Kier alpha value is -2.05. The van der Waals surface area contributed by atoms with Crippen molar-refractivity contribution < 1.29 is 9.59 Å². The van der Waals surface area contributed by atoms with Crippen LogP contribution in [0.1, 0.15) is 47.9 Å². The number of fused-ring (bicyclic) bond motifs is 1. The molecule has 0 bridgehead atoms. The third-order valence-electron chi connectivity index (χ3n) is 4.65. The van der Waals surface area contributed by atoms with Crippen LogP contribution in [-0.4, -0.2) is 57.7 Å². The van der Waals surface area contributed by atoms with E-state index < -0.39 is 0 Å². The van der Waals surface area contributed by atoms with E-state index in [0.717, 1.165) is 50.0 Å². The van der Waals surface area contributed by atoms with E-state index in [1.165, 1.54) is 0 Å². The van der Waals surface area contributed by atoms with Crippen molar-refractivity contribution in [1.29, 1.82) is 0 Å². The number of hydrogen-bond donors (Lipinski definition) is 1. The molecule has 0 atom stereocenters. The molecule has 7 heteroatoms. The van der Waals surface area contributed by atoms with Gasteiger partial charge in [-0.05, 0) is 19.3 Å². The van der Waals surface area contributed by atoms with Crippen LogP contribution in [0.25, 0.3) is 0 Å². The zero-order valence-corrected chi connectivity index (χ0v) is 14.0. The van der Waals surface area contributed by atoms with Crippen LogP contribution in [0.5, 0.6) is 0 Å². The van der Waals surface area contributed by atoms with Gasteiger partial charge >= 0.3 is 6.03 Å². The number of carbonyl (C=O) groups excluding carboxylic acids is 2. The van der Waals surface area contributed by atoms with Gasteiger partial charge in [0.25, 0.3) is 5.91 Å². The van der Waals surface area contributed by atoms with Crippen LogP contribution in [0.3, 0.4) is 0 Å². The number of amides is 3. The van der Waals surface area contributed by atoms with Gasteiger partial charge in [-0.1, -0.05) is 6.92 Å². The number of rotatable bonds is 3. The SMILES string of the molecule is CCCNC(=O)N1CCc2c(c(C(=O)N3CCCC3)nn2C)C1. The summed E-state index contributed by atoms with van der Waals surface area (Å²) >= 11 is 0. The molecular formula is C16H25N5O2. The van der Waals surface area contributed by atoms with Crippen LogP contribution in [-0.2, 0) is 20.0 Å². The van der Waals surface area contributed by atoms with Gasteiger partial charge in [0.05, 0.1) is 6.54 Å². The molecule has 0 aromatic carbocycles. The van der Waals surface area contributed by atoms with Crippen molar-refractivity contribution in [3.8, 4) is 0 Å². The Morgan fingerprint density at radius 2 is 1.91 bits per heavy atom. The summed E-state index contributed by atoms with van der Waals surface area (Å²) in [7, 11) is 1.88. The van der Waals surface area contributed by atoms with E-state index in [4.69, 9.17) is 0 Å². The first-order valence-corrected chi connectivity index (χ1v) is 8.48. The summed E-state index contributed by atoms with van der Waals surface area (Å²) in [6.07, 6.45) is 3.78. The molecule has 1 fully saturated rings. The van der Waals surface area contributed by atoms with Crippen LogP contribution < -0.4 is 5.32 Å². The molecule has 23 heavy (non-hydrogen) atoms. The molecule has 0 radical (unpaired) electrons. The summed E-state index contributed by atoms with van der Waals surface area (Å²) in [6.45, 7) is 5.46. The number of hydrogen-bond acceptors (Lipinski definition) is 3. The first-order chi connectivity index (χ1) is 11.1. The maximum absolute atomic E-state index is 12.7. The zero-order valence-electron chi connectivity index (χ0n) is 14.0. The third kappa shape index (κ3) is 3.04. The lowest BCUT2D eigenvalue weighted by Crippen LogP contribution is -2.43. The maximum Gasteiger partial charge on any atom is 0.317 e. The molecule has 1 saturated heterocycles. The van der Waals surface area contributed by atoms with Gasteiger partial charge in [0.2, 0.25) is 0 Å². The van der Waals surface area contributed by atoms with Crippen LogP contribution in [0.4, 0.5) is 4.79 Å². The molecule has 0 spiro atoms. The minimum atomic E-state index is -0.0547. The average molecular weight is 319 g/mol. The predicted molar refractivity (Wildman–Crippen MR) is 86.1 cm³/mol. The third-order valence-corrected chi connectivity index (χ3v) is 4.65. The summed E-state index contributed by atoms with van der Waals surface area (Å²) in [5.74, 6) is 0.00941. The highest BCUT2D eigenvalue weighted by atomic mass is 16.2. The Bertz CT molecular complexity index is 604. The van der Waals surface area contributed by atoms with Gasteiger partial charge < -0.3 is 15.1 Å². The summed E-state index contributed by atoms with van der Waals surface area (Å²) in [5, 5.41) is 7.37. The van der Waals surface area contributed by atoms with Crippen molar-refractivity contribution in [2.24, 2.45) is 7.05 Å². The second-order valence-electron chi connectivity index (χ2n) is 6.30. The number of urea groups is 1. The van der Waals surface area contributed by atoms with Crippen molar-refractivity contribution in [3.05, 3.63) is 17.0 Å². The first kappa shape index (κ1) is 15.8. The molecule has 0 unspecified atom stereocenters. The predicted octanol–water partition coefficient (Wildman–Crippen LogP) is 1.13. The summed E-state index contributed by atoms with van der Waals surface area (Å²) in [4.78, 5) is 28.6. The second kappa shape index (κ2) is 6.60. The molecule has 3 amide bonds. The quantitative estimate of drug-likeness (QED) is 0.908. The summed E-state index contributed by atoms with van der Waals surface area (Å²) < 4.78 is 1.81. The smallest absolute Gasteiger partial charge is 0.317 e. The van der Waals surface area contributed by atoms with Crippen LogP contribution in [0.2, 0.25) is 0 Å². The second-order valence-corrected chi connectivity index (χ2v) is 6.30. The first-order valence-electron chi connectivity index (χ1n) is 8.48. The number of aromatic nitrogens is 2. The van der Waals surface area contributed by atoms with Gasteiger partial charge in [-0.2, -0.15) is 5.10 Å². The Labute approximate surface area is 136 Å². The molecule has 2 aliphatic rings. The summed E-state index contributed by atoms with van der Waals surface area (Å²) in [6, 6.07) is -0.0547. The van der Waals surface area contributed by atoms with Crippen molar-refractivity contribution >= 4 is 11.9 Å². The van der Waals surface area contributed by atoms with E-state index in [1.54, 1.807) is 9.58 Å². The van der Waals surface area contributed by atoms with Gasteiger partial charge in [0.15, 0.2) is 5.69 Å². The number of nitrogens with one attached hydrogen (secondary N) is 1. The van der Waals surface area contributed by atoms with Crippen molar-refractivity contribution in [2.75, 3.05) is 26.2 Å². The lowest BCUT2D eigenvalue weighted by Gasteiger charge is -2.28. The lowest BCUT2D eigenvalue weighted by molar-refractivity contribution is 0.0783. The standard InChI is InChI=1S/C16H25N5O2/c1-3-7-17-16(23)21-10-6-13-12(11-21)14(18-19(13)2)15(22)20-8-4-5-9-20/h3-11H2,1-2H3,(H,17,23). The molecule has 1 aromatic rings. The molecule has 1 aromatic heterocycles. The number of nitrogens with zero attached hydrogens (tertiary/aromatic N) is 4. The largest absolute Gasteiger partial charge is 0.338 e. The molecular weight excluding hydrogens is 294 g/mol. The van der Waals surface area contributed by atoms with Gasteiger partial charge in [-0.15, -0.1) is 0 Å². The van der Waals surface area contributed by atoms with E-state index in [1.807, 2.05) is 18.9 Å².